The third kappa shape index (κ3) is 6.31. The molecule has 3 fully saturated rings. The highest BCUT2D eigenvalue weighted by Gasteiger charge is 2.44. The van der Waals surface area contributed by atoms with E-state index in [0.717, 1.165) is 38.8 Å². The first-order valence-electron chi connectivity index (χ1n) is 11.4. The van der Waals surface area contributed by atoms with Gasteiger partial charge >= 0.3 is 0 Å². The van der Waals surface area contributed by atoms with E-state index in [1.165, 1.54) is 5.57 Å². The van der Waals surface area contributed by atoms with Gasteiger partial charge in [-0.3, -0.25) is 21.3 Å². The van der Waals surface area contributed by atoms with Crippen LogP contribution >= 0.6 is 0 Å². The molecule has 3 aliphatic heterocycles. The van der Waals surface area contributed by atoms with Gasteiger partial charge in [0.15, 0.2) is 13.7 Å². The molecular formula is C20H35B2N5O4. The van der Waals surface area contributed by atoms with Gasteiger partial charge in [-0.1, -0.05) is 18.0 Å². The molecule has 0 aromatic carbocycles. The number of likely N-dealkylation sites (N-methyl/N-ethyl adjacent to an activating group) is 1. The van der Waals surface area contributed by atoms with Gasteiger partial charge in [-0.2, -0.15) is 0 Å². The number of hydrogen-bond donors (Lipinski definition) is 6. The van der Waals surface area contributed by atoms with Crippen molar-refractivity contribution in [2.24, 2.45) is 5.92 Å². The SMILES string of the molecule is [B]CC1CC(NC([B])(O)O)NC(NC2CC3OCOC3C(C3=CCN(C)CCC3)C2)N1. The first-order chi connectivity index (χ1) is 14.8. The summed E-state index contributed by atoms with van der Waals surface area (Å²) in [6, 6.07) is 0.222. The van der Waals surface area contributed by atoms with E-state index in [1.807, 2.05) is 0 Å². The van der Waals surface area contributed by atoms with Crippen LogP contribution < -0.4 is 21.3 Å². The van der Waals surface area contributed by atoms with Crippen LogP contribution in [0.4, 0.5) is 0 Å². The highest BCUT2D eigenvalue weighted by atomic mass is 16.7. The number of ether oxygens (including phenoxy) is 2. The predicted octanol–water partition coefficient (Wildman–Crippen LogP) is -1.75. The molecule has 6 N–H and O–H groups in total. The van der Waals surface area contributed by atoms with Crippen molar-refractivity contribution in [3.05, 3.63) is 11.6 Å². The Morgan fingerprint density at radius 1 is 1.26 bits per heavy atom. The van der Waals surface area contributed by atoms with Crippen molar-refractivity contribution in [3.63, 3.8) is 0 Å². The smallest absolute Gasteiger partial charge is 0.178 e. The lowest BCUT2D eigenvalue weighted by molar-refractivity contribution is -0.124. The van der Waals surface area contributed by atoms with Crippen LogP contribution in [0.5, 0.6) is 0 Å². The zero-order valence-corrected chi connectivity index (χ0v) is 18.3. The summed E-state index contributed by atoms with van der Waals surface area (Å²) in [6.07, 6.45) is 7.02. The molecular weight excluding hydrogens is 396 g/mol. The summed E-state index contributed by atoms with van der Waals surface area (Å²) in [5.41, 5.74) is 1.48. The summed E-state index contributed by atoms with van der Waals surface area (Å²) in [5, 5.41) is 32.1. The van der Waals surface area contributed by atoms with Gasteiger partial charge < -0.3 is 24.6 Å². The standard InChI is InChI=1S/C20H35B2N5O4/c1-27-5-2-3-12(4-6-27)15-7-13(8-16-18(15)31-11-30-16)23-19-24-14(10-21)9-17(25-19)26-20(22,28)29/h4,13-19,23-26,28-29H,2-3,5-11H2,1H3. The number of nitrogens with one attached hydrogen (secondary N) is 4. The fourth-order valence-corrected chi connectivity index (χ4v) is 5.42. The molecule has 31 heavy (non-hydrogen) atoms. The molecule has 11 heteroatoms. The molecule has 0 bridgehead atoms. The van der Waals surface area contributed by atoms with Gasteiger partial charge in [0.05, 0.1) is 26.2 Å². The Balaban J connectivity index is 1.42. The summed E-state index contributed by atoms with van der Waals surface area (Å²) in [6.45, 7) is 2.45. The van der Waals surface area contributed by atoms with Crippen molar-refractivity contribution >= 4 is 15.7 Å². The molecule has 0 spiro atoms. The average Bonchev–Trinajstić information content (AvgIpc) is 3.06. The Bertz CT molecular complexity index is 637. The van der Waals surface area contributed by atoms with Gasteiger partial charge in [0.25, 0.3) is 0 Å². The summed E-state index contributed by atoms with van der Waals surface area (Å²) in [4.78, 5) is 2.35. The number of aliphatic hydroxyl groups is 2. The number of rotatable bonds is 6. The maximum absolute atomic E-state index is 9.53. The van der Waals surface area contributed by atoms with Gasteiger partial charge in [-0.05, 0) is 45.7 Å². The normalized spacial score (nSPS) is 40.2. The first kappa shape index (κ1) is 23.7. The molecule has 9 nitrogen and oxygen atoms in total. The molecule has 0 aromatic rings. The Morgan fingerprint density at radius 2 is 2.10 bits per heavy atom. The molecule has 0 amide bonds. The highest BCUT2D eigenvalue weighted by Crippen LogP contribution is 2.39. The lowest BCUT2D eigenvalue weighted by atomic mass is 9.76. The third-order valence-corrected chi connectivity index (χ3v) is 6.87. The lowest BCUT2D eigenvalue weighted by Gasteiger charge is -2.44. The summed E-state index contributed by atoms with van der Waals surface area (Å²) >= 11 is 0. The van der Waals surface area contributed by atoms with E-state index in [2.05, 4.69) is 39.3 Å². The zero-order valence-electron chi connectivity index (χ0n) is 18.3. The minimum absolute atomic E-state index is 0.0110. The maximum atomic E-state index is 9.53. The summed E-state index contributed by atoms with van der Waals surface area (Å²) in [7, 11) is 13.4. The Hall–Kier alpha value is -0.490. The van der Waals surface area contributed by atoms with Crippen LogP contribution in [0.25, 0.3) is 0 Å². The zero-order chi connectivity index (χ0) is 22.0. The van der Waals surface area contributed by atoms with Crippen LogP contribution in [0.15, 0.2) is 11.6 Å². The quantitative estimate of drug-likeness (QED) is 0.166. The van der Waals surface area contributed by atoms with Crippen molar-refractivity contribution < 1.29 is 19.7 Å². The van der Waals surface area contributed by atoms with Gasteiger partial charge in [0.2, 0.25) is 0 Å². The van der Waals surface area contributed by atoms with Gasteiger partial charge in [-0.25, -0.2) is 0 Å². The Labute approximate surface area is 187 Å². The number of nitrogens with zero attached hydrogens (tertiary/aromatic N) is 1. The molecule has 0 aromatic heterocycles. The van der Waals surface area contributed by atoms with E-state index in [0.29, 0.717) is 25.5 Å². The fourth-order valence-electron chi connectivity index (χ4n) is 5.42. The van der Waals surface area contributed by atoms with Crippen molar-refractivity contribution in [2.75, 3.05) is 26.9 Å². The lowest BCUT2D eigenvalue weighted by Crippen LogP contribution is -2.71. The molecule has 3 heterocycles. The minimum atomic E-state index is -2.45. The van der Waals surface area contributed by atoms with Crippen LogP contribution in [0.1, 0.15) is 32.1 Å². The Morgan fingerprint density at radius 3 is 2.87 bits per heavy atom. The van der Waals surface area contributed by atoms with Gasteiger partial charge in [-0.15, -0.1) is 0 Å². The topological polar surface area (TPSA) is 110 Å². The molecule has 4 aliphatic rings. The second kappa shape index (κ2) is 10.2. The number of hydrogen-bond acceptors (Lipinski definition) is 9. The Kier molecular flexibility index (Phi) is 7.78. The predicted molar refractivity (Wildman–Crippen MR) is 118 cm³/mol. The first-order valence-corrected chi connectivity index (χ1v) is 11.4. The van der Waals surface area contributed by atoms with Crippen molar-refractivity contribution in [3.8, 4) is 0 Å². The largest absolute Gasteiger partial charge is 0.362 e. The molecule has 1 aliphatic carbocycles. The molecule has 170 valence electrons. The van der Waals surface area contributed by atoms with Crippen LogP contribution in [0.2, 0.25) is 6.32 Å². The highest BCUT2D eigenvalue weighted by molar-refractivity contribution is 6.12. The molecule has 1 saturated carbocycles. The maximum Gasteiger partial charge on any atom is 0.178 e. The van der Waals surface area contributed by atoms with E-state index in [-0.39, 0.29) is 30.6 Å². The summed E-state index contributed by atoms with van der Waals surface area (Å²) in [5.74, 6) is -2.12. The van der Waals surface area contributed by atoms with Crippen molar-refractivity contribution in [1.82, 2.24) is 26.2 Å². The molecule has 4 rings (SSSR count). The van der Waals surface area contributed by atoms with E-state index >= 15 is 0 Å². The van der Waals surface area contributed by atoms with Crippen LogP contribution in [0, 0.1) is 5.92 Å². The van der Waals surface area contributed by atoms with Crippen LogP contribution in [-0.4, -0.2) is 100 Å². The van der Waals surface area contributed by atoms with Gasteiger partial charge in [0.1, 0.15) is 13.1 Å². The second-order valence-corrected chi connectivity index (χ2v) is 9.40. The molecule has 2 saturated heterocycles. The molecule has 4 radical (unpaired) electrons. The fraction of sp³-hybridized carbons (Fsp3) is 0.900. The van der Waals surface area contributed by atoms with Gasteiger partial charge in [0, 0.05) is 24.5 Å². The van der Waals surface area contributed by atoms with Crippen molar-refractivity contribution in [2.45, 2.75) is 81.0 Å². The average molecular weight is 431 g/mol. The van der Waals surface area contributed by atoms with E-state index in [1.54, 1.807) is 0 Å². The number of fused-ring (bicyclic) bond motifs is 1. The van der Waals surface area contributed by atoms with Crippen LogP contribution in [-0.2, 0) is 9.47 Å². The summed E-state index contributed by atoms with van der Waals surface area (Å²) < 4.78 is 11.9. The van der Waals surface area contributed by atoms with E-state index < -0.39 is 12.0 Å². The third-order valence-electron chi connectivity index (χ3n) is 6.87. The van der Waals surface area contributed by atoms with E-state index in [4.69, 9.17) is 25.2 Å². The second-order valence-electron chi connectivity index (χ2n) is 9.40. The van der Waals surface area contributed by atoms with Crippen LogP contribution in [0.3, 0.4) is 0 Å². The molecule has 7 atom stereocenters. The van der Waals surface area contributed by atoms with E-state index in [9.17, 15) is 10.2 Å². The monoisotopic (exact) mass is 431 g/mol. The minimum Gasteiger partial charge on any atom is -0.362 e. The van der Waals surface area contributed by atoms with Crippen molar-refractivity contribution in [1.29, 1.82) is 0 Å². The molecule has 7 unspecified atom stereocenters.